The maximum atomic E-state index is 11.0. The minimum atomic E-state index is -0.451. The molecule has 28 heavy (non-hydrogen) atoms. The van der Waals surface area contributed by atoms with Crippen LogP contribution in [0.4, 0.5) is 5.69 Å². The van der Waals surface area contributed by atoms with Gasteiger partial charge < -0.3 is 4.74 Å². The van der Waals surface area contributed by atoms with E-state index in [4.69, 9.17) is 4.74 Å². The van der Waals surface area contributed by atoms with Crippen LogP contribution >= 0.6 is 0 Å². The van der Waals surface area contributed by atoms with E-state index >= 15 is 0 Å². The fourth-order valence-corrected chi connectivity index (χ4v) is 2.61. The summed E-state index contributed by atoms with van der Waals surface area (Å²) in [5.41, 5.74) is 2.06. The summed E-state index contributed by atoms with van der Waals surface area (Å²) >= 11 is 0. The van der Waals surface area contributed by atoms with E-state index in [1.807, 2.05) is 19.1 Å². The van der Waals surface area contributed by atoms with Crippen molar-refractivity contribution in [1.82, 2.24) is 24.7 Å². The maximum absolute atomic E-state index is 11.0. The Labute approximate surface area is 159 Å². The van der Waals surface area contributed by atoms with Crippen LogP contribution in [0.3, 0.4) is 0 Å². The van der Waals surface area contributed by atoms with Crippen LogP contribution in [-0.2, 0) is 0 Å². The molecule has 4 aromatic rings. The minimum Gasteiger partial charge on any atom is -0.439 e. The summed E-state index contributed by atoms with van der Waals surface area (Å²) < 4.78 is 7.48. The first-order chi connectivity index (χ1) is 13.6. The molecule has 2 aromatic heterocycles. The fraction of sp³-hybridized carbons (Fsp3) is 0.0526. The first-order valence-corrected chi connectivity index (χ1v) is 8.32. The molecule has 0 saturated heterocycles. The average molecular weight is 374 g/mol. The Hall–Kier alpha value is -4.14. The topological polar surface area (TPSA) is 109 Å². The molecular formula is C19H14N6O3. The SMILES string of the molecule is Cc1cc(Oc2ccc(-n3cncn3)cc2)nc(-c2cccc([N+](=O)[O-])c2)n1. The third-order valence-electron chi connectivity index (χ3n) is 3.89. The van der Waals surface area contributed by atoms with Gasteiger partial charge in [0.25, 0.3) is 5.69 Å². The highest BCUT2D eigenvalue weighted by Gasteiger charge is 2.11. The van der Waals surface area contributed by atoms with Crippen LogP contribution < -0.4 is 4.74 Å². The van der Waals surface area contributed by atoms with Gasteiger partial charge in [0.05, 0.1) is 10.6 Å². The van der Waals surface area contributed by atoms with Gasteiger partial charge in [0, 0.05) is 29.5 Å². The minimum absolute atomic E-state index is 0.0197. The van der Waals surface area contributed by atoms with Crippen LogP contribution in [0.5, 0.6) is 11.6 Å². The summed E-state index contributed by atoms with van der Waals surface area (Å²) in [6.07, 6.45) is 3.07. The van der Waals surface area contributed by atoms with Crippen molar-refractivity contribution in [2.24, 2.45) is 0 Å². The summed E-state index contributed by atoms with van der Waals surface area (Å²) in [6, 6.07) is 15.2. The molecule has 4 rings (SSSR count). The van der Waals surface area contributed by atoms with Gasteiger partial charge in [0.15, 0.2) is 5.82 Å². The van der Waals surface area contributed by atoms with Crippen LogP contribution in [0.25, 0.3) is 17.1 Å². The molecular weight excluding hydrogens is 360 g/mol. The van der Waals surface area contributed by atoms with Gasteiger partial charge >= 0.3 is 0 Å². The van der Waals surface area contributed by atoms with Gasteiger partial charge in [-0.25, -0.2) is 14.6 Å². The van der Waals surface area contributed by atoms with Gasteiger partial charge in [-0.3, -0.25) is 10.1 Å². The lowest BCUT2D eigenvalue weighted by Gasteiger charge is -2.09. The third kappa shape index (κ3) is 3.68. The summed E-state index contributed by atoms with van der Waals surface area (Å²) in [4.78, 5) is 23.2. The van der Waals surface area contributed by atoms with Crippen LogP contribution in [0.15, 0.2) is 67.3 Å². The number of rotatable bonds is 5. The maximum Gasteiger partial charge on any atom is 0.270 e. The zero-order valence-electron chi connectivity index (χ0n) is 14.8. The van der Waals surface area contributed by atoms with Gasteiger partial charge in [-0.15, -0.1) is 0 Å². The van der Waals surface area contributed by atoms with Gasteiger partial charge in [-0.05, 0) is 31.2 Å². The molecule has 0 spiro atoms. The second-order valence-corrected chi connectivity index (χ2v) is 5.91. The molecule has 0 aliphatic rings. The molecule has 9 nitrogen and oxygen atoms in total. The zero-order valence-corrected chi connectivity index (χ0v) is 14.8. The quantitative estimate of drug-likeness (QED) is 0.387. The van der Waals surface area contributed by atoms with E-state index in [0.717, 1.165) is 5.69 Å². The molecule has 0 unspecified atom stereocenters. The molecule has 0 N–H and O–H groups in total. The highest BCUT2D eigenvalue weighted by molar-refractivity contribution is 5.59. The van der Waals surface area contributed by atoms with Crippen molar-refractivity contribution < 1.29 is 9.66 Å². The lowest BCUT2D eigenvalue weighted by atomic mass is 10.2. The summed E-state index contributed by atoms with van der Waals surface area (Å²) in [5.74, 6) is 1.30. The summed E-state index contributed by atoms with van der Waals surface area (Å²) in [6.45, 7) is 1.81. The Morgan fingerprint density at radius 2 is 1.89 bits per heavy atom. The number of hydrogen-bond acceptors (Lipinski definition) is 7. The molecule has 0 saturated carbocycles. The zero-order chi connectivity index (χ0) is 19.5. The second-order valence-electron chi connectivity index (χ2n) is 5.91. The second kappa shape index (κ2) is 7.23. The van der Waals surface area contributed by atoms with Gasteiger partial charge in [0.2, 0.25) is 5.88 Å². The van der Waals surface area contributed by atoms with Gasteiger partial charge in [-0.1, -0.05) is 12.1 Å². The molecule has 0 aliphatic carbocycles. The van der Waals surface area contributed by atoms with Crippen molar-refractivity contribution in [3.05, 3.63) is 83.1 Å². The average Bonchev–Trinajstić information content (AvgIpc) is 3.23. The smallest absolute Gasteiger partial charge is 0.270 e. The Balaban J connectivity index is 1.61. The van der Waals surface area contributed by atoms with Crippen molar-refractivity contribution in [2.45, 2.75) is 6.92 Å². The molecule has 138 valence electrons. The normalized spacial score (nSPS) is 10.6. The first kappa shape index (κ1) is 17.3. The standard InChI is InChI=1S/C19H14N6O3/c1-13-9-18(23-19(22-13)14-3-2-4-16(10-14)25(26)27)28-17-7-5-15(6-8-17)24-12-20-11-21-24/h2-12H,1H3. The van der Waals surface area contributed by atoms with E-state index in [2.05, 4.69) is 20.1 Å². The molecule has 0 atom stereocenters. The van der Waals surface area contributed by atoms with Crippen LogP contribution in [0.2, 0.25) is 0 Å². The highest BCUT2D eigenvalue weighted by Crippen LogP contribution is 2.26. The summed E-state index contributed by atoms with van der Waals surface area (Å²) in [7, 11) is 0. The molecule has 0 bridgehead atoms. The number of nitro benzene ring substituents is 1. The summed E-state index contributed by atoms with van der Waals surface area (Å²) in [5, 5.41) is 15.1. The number of nitrogens with zero attached hydrogens (tertiary/aromatic N) is 6. The Bertz CT molecular complexity index is 1130. The van der Waals surface area contributed by atoms with Gasteiger partial charge in [0.1, 0.15) is 18.4 Å². The van der Waals surface area contributed by atoms with Crippen LogP contribution in [0, 0.1) is 17.0 Å². The van der Waals surface area contributed by atoms with Crippen LogP contribution in [0.1, 0.15) is 5.69 Å². The van der Waals surface area contributed by atoms with E-state index in [0.29, 0.717) is 28.7 Å². The van der Waals surface area contributed by atoms with E-state index in [1.54, 1.807) is 41.3 Å². The molecule has 0 aliphatic heterocycles. The van der Waals surface area contributed by atoms with Gasteiger partial charge in [-0.2, -0.15) is 10.1 Å². The van der Waals surface area contributed by atoms with Crippen LogP contribution in [-0.4, -0.2) is 29.7 Å². The number of benzene rings is 2. The third-order valence-corrected chi connectivity index (χ3v) is 3.89. The first-order valence-electron chi connectivity index (χ1n) is 8.32. The monoisotopic (exact) mass is 374 g/mol. The van der Waals surface area contributed by atoms with Crippen molar-refractivity contribution in [3.63, 3.8) is 0 Å². The largest absolute Gasteiger partial charge is 0.439 e. The van der Waals surface area contributed by atoms with Crippen molar-refractivity contribution >= 4 is 5.69 Å². The van der Waals surface area contributed by atoms with Crippen molar-refractivity contribution in [2.75, 3.05) is 0 Å². The predicted molar refractivity (Wildman–Crippen MR) is 100 cm³/mol. The van der Waals surface area contributed by atoms with E-state index < -0.39 is 4.92 Å². The lowest BCUT2D eigenvalue weighted by Crippen LogP contribution is -1.97. The van der Waals surface area contributed by atoms with E-state index in [-0.39, 0.29) is 5.69 Å². The highest BCUT2D eigenvalue weighted by atomic mass is 16.6. The predicted octanol–water partition coefficient (Wildman–Crippen LogP) is 3.73. The molecule has 0 fully saturated rings. The number of aryl methyl sites for hydroxylation is 1. The number of hydrogen-bond donors (Lipinski definition) is 0. The Kier molecular flexibility index (Phi) is 4.47. The fourth-order valence-electron chi connectivity index (χ4n) is 2.61. The molecule has 9 heteroatoms. The number of nitro groups is 1. The van der Waals surface area contributed by atoms with Crippen molar-refractivity contribution in [1.29, 1.82) is 0 Å². The Morgan fingerprint density at radius 1 is 1.07 bits per heavy atom. The molecule has 2 heterocycles. The van der Waals surface area contributed by atoms with E-state index in [9.17, 15) is 10.1 Å². The molecule has 0 radical (unpaired) electrons. The number of aromatic nitrogens is 5. The van der Waals surface area contributed by atoms with Crippen molar-refractivity contribution in [3.8, 4) is 28.7 Å². The number of ether oxygens (including phenoxy) is 1. The molecule has 0 amide bonds. The van der Waals surface area contributed by atoms with E-state index in [1.165, 1.54) is 18.5 Å². The lowest BCUT2D eigenvalue weighted by molar-refractivity contribution is -0.384. The Morgan fingerprint density at radius 3 is 2.61 bits per heavy atom. The molecule has 2 aromatic carbocycles. The number of non-ortho nitro benzene ring substituents is 1.